The topological polar surface area (TPSA) is 24.4 Å². The van der Waals surface area contributed by atoms with E-state index in [4.69, 9.17) is 0 Å². The maximum Gasteiger partial charge on any atom is 0.0696 e. The van der Waals surface area contributed by atoms with Gasteiger partial charge in [0.1, 0.15) is 0 Å². The van der Waals surface area contributed by atoms with Gasteiger partial charge in [0.2, 0.25) is 0 Å². The molecule has 0 atom stereocenters. The molecule has 0 fully saturated rings. The molecule has 0 spiro atoms. The zero-order valence-corrected chi connectivity index (χ0v) is 9.46. The summed E-state index contributed by atoms with van der Waals surface area (Å²) in [6.45, 7) is 12.6. The van der Waals surface area contributed by atoms with E-state index in [1.54, 1.807) is 6.08 Å². The minimum absolute atomic E-state index is 0.634. The number of nitrogens with zero attached hydrogens (tertiary/aromatic N) is 1. The van der Waals surface area contributed by atoms with Crippen LogP contribution in [0.2, 0.25) is 0 Å². The molecule has 0 radical (unpaired) electrons. The average Bonchev–Trinajstić information content (AvgIpc) is 2.25. The van der Waals surface area contributed by atoms with E-state index in [0.717, 1.165) is 23.5 Å². The molecule has 1 aromatic carbocycles. The van der Waals surface area contributed by atoms with Crippen molar-refractivity contribution in [2.75, 3.05) is 11.9 Å². The van der Waals surface area contributed by atoms with Crippen LogP contribution < -0.4 is 5.32 Å². The van der Waals surface area contributed by atoms with Crippen LogP contribution in [0.15, 0.2) is 29.8 Å². The summed E-state index contributed by atoms with van der Waals surface area (Å²) in [6, 6.07) is 6.01. The zero-order chi connectivity index (χ0) is 11.3. The van der Waals surface area contributed by atoms with E-state index in [0.29, 0.717) is 5.92 Å². The Kier molecular flexibility index (Phi) is 4.10. The summed E-state index contributed by atoms with van der Waals surface area (Å²) >= 11 is 0. The summed E-state index contributed by atoms with van der Waals surface area (Å²) in [6.07, 6.45) is 1.80. The fourth-order valence-electron chi connectivity index (χ4n) is 1.29. The van der Waals surface area contributed by atoms with Crippen molar-refractivity contribution in [3.05, 3.63) is 30.3 Å². The van der Waals surface area contributed by atoms with E-state index >= 15 is 0 Å². The van der Waals surface area contributed by atoms with Crippen LogP contribution in [0, 0.1) is 5.92 Å². The smallest absolute Gasteiger partial charge is 0.0696 e. The molecule has 2 nitrogen and oxygen atoms in total. The molecular weight excluding hydrogens is 184 g/mol. The lowest BCUT2D eigenvalue weighted by Crippen LogP contribution is -2.07. The molecular formula is C13H18N2. The highest BCUT2D eigenvalue weighted by Crippen LogP contribution is 2.23. The molecule has 0 saturated heterocycles. The Bertz CT molecular complexity index is 354. The van der Waals surface area contributed by atoms with Gasteiger partial charge in [-0.2, -0.15) is 0 Å². The minimum atomic E-state index is 0.634. The lowest BCUT2D eigenvalue weighted by molar-refractivity contribution is 0.689. The average molecular weight is 202 g/mol. The van der Waals surface area contributed by atoms with Gasteiger partial charge in [0, 0.05) is 17.8 Å². The van der Waals surface area contributed by atoms with Gasteiger partial charge in [-0.25, -0.2) is 0 Å². The molecule has 0 saturated carbocycles. The van der Waals surface area contributed by atoms with E-state index in [1.807, 2.05) is 18.2 Å². The highest BCUT2D eigenvalue weighted by Gasteiger charge is 1.99. The lowest BCUT2D eigenvalue weighted by Gasteiger charge is -2.10. The molecule has 0 aliphatic carbocycles. The predicted octanol–water partition coefficient (Wildman–Crippen LogP) is 3.73. The quantitative estimate of drug-likeness (QED) is 0.723. The largest absolute Gasteiger partial charge is 0.385 e. The van der Waals surface area contributed by atoms with Crippen LogP contribution in [-0.4, -0.2) is 13.3 Å². The SMILES string of the molecule is C=Cc1cc(NCC(C)C)ccc1N=C. The summed E-state index contributed by atoms with van der Waals surface area (Å²) in [4.78, 5) is 3.93. The fraction of sp³-hybridized carbons (Fsp3) is 0.308. The summed E-state index contributed by atoms with van der Waals surface area (Å²) in [7, 11) is 0. The van der Waals surface area contributed by atoms with Gasteiger partial charge in [0.25, 0.3) is 0 Å². The Hall–Kier alpha value is -1.57. The van der Waals surface area contributed by atoms with Gasteiger partial charge in [-0.1, -0.05) is 26.5 Å². The number of benzene rings is 1. The van der Waals surface area contributed by atoms with Crippen molar-refractivity contribution in [1.29, 1.82) is 0 Å². The van der Waals surface area contributed by atoms with Crippen LogP contribution in [-0.2, 0) is 0 Å². The van der Waals surface area contributed by atoms with Gasteiger partial charge in [0.05, 0.1) is 5.69 Å². The number of hydrogen-bond donors (Lipinski definition) is 1. The molecule has 1 N–H and O–H groups in total. The molecule has 0 heterocycles. The molecule has 0 aliphatic heterocycles. The molecule has 80 valence electrons. The standard InChI is InChI=1S/C13H18N2/c1-5-11-8-12(15-9-10(2)3)6-7-13(11)14-4/h5-8,10,15H,1,4,9H2,2-3H3. The van der Waals surface area contributed by atoms with Crippen molar-refractivity contribution in [2.24, 2.45) is 10.9 Å². The summed E-state index contributed by atoms with van der Waals surface area (Å²) in [5.41, 5.74) is 2.99. The van der Waals surface area contributed by atoms with Gasteiger partial charge in [-0.05, 0) is 30.8 Å². The van der Waals surface area contributed by atoms with Crippen molar-refractivity contribution in [2.45, 2.75) is 13.8 Å². The second-order valence-electron chi connectivity index (χ2n) is 3.91. The first-order valence-electron chi connectivity index (χ1n) is 5.14. The Morgan fingerprint density at radius 2 is 2.20 bits per heavy atom. The first-order valence-corrected chi connectivity index (χ1v) is 5.14. The number of rotatable bonds is 5. The number of nitrogens with one attached hydrogen (secondary N) is 1. The molecule has 0 unspecified atom stereocenters. The first-order chi connectivity index (χ1) is 7.17. The Balaban J connectivity index is 2.83. The minimum Gasteiger partial charge on any atom is -0.385 e. The van der Waals surface area contributed by atoms with E-state index in [2.05, 4.69) is 37.5 Å². The zero-order valence-electron chi connectivity index (χ0n) is 9.46. The van der Waals surface area contributed by atoms with Gasteiger partial charge in [-0.15, -0.1) is 0 Å². The maximum atomic E-state index is 3.93. The lowest BCUT2D eigenvalue weighted by atomic mass is 10.1. The van der Waals surface area contributed by atoms with Crippen LogP contribution in [0.4, 0.5) is 11.4 Å². The third-order valence-corrected chi connectivity index (χ3v) is 2.13. The van der Waals surface area contributed by atoms with Gasteiger partial charge in [-0.3, -0.25) is 4.99 Å². The van der Waals surface area contributed by atoms with Crippen LogP contribution in [0.3, 0.4) is 0 Å². The Morgan fingerprint density at radius 1 is 1.47 bits per heavy atom. The Morgan fingerprint density at radius 3 is 2.73 bits per heavy atom. The third kappa shape index (κ3) is 3.24. The third-order valence-electron chi connectivity index (χ3n) is 2.13. The van der Waals surface area contributed by atoms with Gasteiger partial charge < -0.3 is 5.32 Å². The maximum absolute atomic E-state index is 3.93. The molecule has 1 rings (SSSR count). The Labute approximate surface area is 91.7 Å². The normalized spacial score (nSPS) is 10.1. The second kappa shape index (κ2) is 5.35. The summed E-state index contributed by atoms with van der Waals surface area (Å²) < 4.78 is 0. The number of hydrogen-bond acceptors (Lipinski definition) is 2. The number of anilines is 1. The molecule has 0 aromatic heterocycles. The van der Waals surface area contributed by atoms with E-state index in [1.165, 1.54) is 0 Å². The van der Waals surface area contributed by atoms with Gasteiger partial charge >= 0.3 is 0 Å². The van der Waals surface area contributed by atoms with E-state index in [9.17, 15) is 0 Å². The second-order valence-corrected chi connectivity index (χ2v) is 3.91. The van der Waals surface area contributed by atoms with E-state index in [-0.39, 0.29) is 0 Å². The first kappa shape index (κ1) is 11.5. The molecule has 0 bridgehead atoms. The van der Waals surface area contributed by atoms with Crippen molar-refractivity contribution in [1.82, 2.24) is 0 Å². The fourth-order valence-corrected chi connectivity index (χ4v) is 1.29. The summed E-state index contributed by atoms with van der Waals surface area (Å²) in [5.74, 6) is 0.634. The highest BCUT2D eigenvalue weighted by atomic mass is 14.9. The van der Waals surface area contributed by atoms with Gasteiger partial charge in [0.15, 0.2) is 0 Å². The van der Waals surface area contributed by atoms with Crippen molar-refractivity contribution in [3.8, 4) is 0 Å². The van der Waals surface area contributed by atoms with Crippen LogP contribution in [0.1, 0.15) is 19.4 Å². The molecule has 15 heavy (non-hydrogen) atoms. The van der Waals surface area contributed by atoms with Crippen LogP contribution in [0.25, 0.3) is 6.08 Å². The highest BCUT2D eigenvalue weighted by molar-refractivity contribution is 5.69. The van der Waals surface area contributed by atoms with E-state index < -0.39 is 0 Å². The van der Waals surface area contributed by atoms with Crippen LogP contribution >= 0.6 is 0 Å². The predicted molar refractivity (Wildman–Crippen MR) is 69.1 cm³/mol. The molecule has 0 aliphatic rings. The molecule has 2 heteroatoms. The molecule has 1 aromatic rings. The van der Waals surface area contributed by atoms with Crippen molar-refractivity contribution in [3.63, 3.8) is 0 Å². The van der Waals surface area contributed by atoms with Crippen LogP contribution in [0.5, 0.6) is 0 Å². The molecule has 0 amide bonds. The van der Waals surface area contributed by atoms with Crippen molar-refractivity contribution >= 4 is 24.2 Å². The van der Waals surface area contributed by atoms with Crippen molar-refractivity contribution < 1.29 is 0 Å². The summed E-state index contributed by atoms with van der Waals surface area (Å²) in [5, 5.41) is 3.36. The monoisotopic (exact) mass is 202 g/mol. The number of aliphatic imine (C=N–C) groups is 1.